The SMILES string of the molecule is Cc1c(C(=O)NC[C@H]2CCCO2)nnn1-c1cccc2c1CCN(Cc1ccncc1)C2. The van der Waals surface area contributed by atoms with Gasteiger partial charge in [0.05, 0.1) is 17.5 Å². The van der Waals surface area contributed by atoms with E-state index in [1.165, 1.54) is 16.7 Å². The third-order valence-electron chi connectivity index (χ3n) is 6.33. The van der Waals surface area contributed by atoms with Crippen molar-refractivity contribution in [3.63, 3.8) is 0 Å². The van der Waals surface area contributed by atoms with Gasteiger partial charge in [-0.2, -0.15) is 0 Å². The number of amides is 1. The van der Waals surface area contributed by atoms with Crippen LogP contribution in [0.15, 0.2) is 42.7 Å². The zero-order valence-corrected chi connectivity index (χ0v) is 18.3. The maximum atomic E-state index is 12.7. The average Bonchev–Trinajstić information content (AvgIpc) is 3.47. The molecule has 8 heteroatoms. The molecule has 0 spiro atoms. The second kappa shape index (κ2) is 9.18. The van der Waals surface area contributed by atoms with E-state index in [4.69, 9.17) is 4.74 Å². The van der Waals surface area contributed by atoms with Crippen LogP contribution in [0.1, 0.15) is 45.7 Å². The Kier molecular flexibility index (Phi) is 5.96. The summed E-state index contributed by atoms with van der Waals surface area (Å²) >= 11 is 0. The van der Waals surface area contributed by atoms with Gasteiger partial charge in [-0.05, 0) is 61.1 Å². The highest BCUT2D eigenvalue weighted by Crippen LogP contribution is 2.27. The predicted octanol–water partition coefficient (Wildman–Crippen LogP) is 2.44. The summed E-state index contributed by atoms with van der Waals surface area (Å²) in [5.41, 5.74) is 5.97. The second-order valence-electron chi connectivity index (χ2n) is 8.51. The van der Waals surface area contributed by atoms with E-state index in [1.807, 2.05) is 19.3 Å². The molecule has 1 saturated heterocycles. The van der Waals surface area contributed by atoms with E-state index in [0.717, 1.165) is 56.9 Å². The van der Waals surface area contributed by atoms with Crippen molar-refractivity contribution in [2.24, 2.45) is 0 Å². The number of benzene rings is 1. The Hall–Kier alpha value is -3.10. The number of hydrogen-bond donors (Lipinski definition) is 1. The number of carbonyl (C=O) groups excluding carboxylic acids is 1. The Morgan fingerprint density at radius 2 is 2.12 bits per heavy atom. The van der Waals surface area contributed by atoms with Crippen molar-refractivity contribution >= 4 is 5.91 Å². The van der Waals surface area contributed by atoms with Crippen LogP contribution in [0.25, 0.3) is 5.69 Å². The van der Waals surface area contributed by atoms with Crippen LogP contribution in [0.2, 0.25) is 0 Å². The van der Waals surface area contributed by atoms with Crippen molar-refractivity contribution in [1.82, 2.24) is 30.2 Å². The van der Waals surface area contributed by atoms with Gasteiger partial charge in [-0.25, -0.2) is 4.68 Å². The molecule has 0 saturated carbocycles. The monoisotopic (exact) mass is 432 g/mol. The summed E-state index contributed by atoms with van der Waals surface area (Å²) in [5.74, 6) is -0.197. The number of fused-ring (bicyclic) bond motifs is 1. The molecule has 2 aromatic heterocycles. The largest absolute Gasteiger partial charge is 0.376 e. The summed E-state index contributed by atoms with van der Waals surface area (Å²) in [7, 11) is 0. The molecule has 3 aromatic rings. The van der Waals surface area contributed by atoms with Crippen molar-refractivity contribution in [2.45, 2.75) is 45.4 Å². The highest BCUT2D eigenvalue weighted by molar-refractivity contribution is 5.93. The molecule has 1 fully saturated rings. The van der Waals surface area contributed by atoms with Gasteiger partial charge in [0.15, 0.2) is 5.69 Å². The minimum atomic E-state index is -0.197. The van der Waals surface area contributed by atoms with Gasteiger partial charge >= 0.3 is 0 Å². The number of carbonyl (C=O) groups is 1. The second-order valence-corrected chi connectivity index (χ2v) is 8.51. The lowest BCUT2D eigenvalue weighted by Gasteiger charge is -2.30. The highest BCUT2D eigenvalue weighted by atomic mass is 16.5. The van der Waals surface area contributed by atoms with Gasteiger partial charge in [0, 0.05) is 45.2 Å². The van der Waals surface area contributed by atoms with Gasteiger partial charge in [0.25, 0.3) is 5.91 Å². The Labute approximate surface area is 187 Å². The maximum absolute atomic E-state index is 12.7. The number of hydrogen-bond acceptors (Lipinski definition) is 6. The molecule has 0 radical (unpaired) electrons. The van der Waals surface area contributed by atoms with Crippen LogP contribution in [0, 0.1) is 6.92 Å². The van der Waals surface area contributed by atoms with E-state index >= 15 is 0 Å². The Bertz CT molecular complexity index is 1090. The normalized spacial score (nSPS) is 18.5. The molecule has 5 rings (SSSR count). The van der Waals surface area contributed by atoms with Gasteiger partial charge in [-0.3, -0.25) is 14.7 Å². The summed E-state index contributed by atoms with van der Waals surface area (Å²) in [6.07, 6.45) is 6.75. The quantitative estimate of drug-likeness (QED) is 0.644. The third kappa shape index (κ3) is 4.28. The molecular formula is C24H28N6O2. The molecule has 8 nitrogen and oxygen atoms in total. The molecule has 1 aromatic carbocycles. The molecule has 2 aliphatic heterocycles. The van der Waals surface area contributed by atoms with E-state index < -0.39 is 0 Å². The molecule has 0 unspecified atom stereocenters. The van der Waals surface area contributed by atoms with Crippen molar-refractivity contribution in [2.75, 3.05) is 19.7 Å². The van der Waals surface area contributed by atoms with Crippen molar-refractivity contribution in [3.8, 4) is 5.69 Å². The molecule has 4 heterocycles. The van der Waals surface area contributed by atoms with Crippen LogP contribution in [0.3, 0.4) is 0 Å². The van der Waals surface area contributed by atoms with Crippen LogP contribution in [0.4, 0.5) is 0 Å². The van der Waals surface area contributed by atoms with E-state index in [0.29, 0.717) is 12.2 Å². The first-order chi connectivity index (χ1) is 15.7. The number of pyridine rings is 1. The van der Waals surface area contributed by atoms with E-state index in [9.17, 15) is 4.79 Å². The average molecular weight is 433 g/mol. The topological polar surface area (TPSA) is 85.2 Å². The lowest BCUT2D eigenvalue weighted by molar-refractivity contribution is 0.0853. The van der Waals surface area contributed by atoms with Crippen molar-refractivity contribution in [1.29, 1.82) is 0 Å². The fraction of sp³-hybridized carbons (Fsp3) is 0.417. The first-order valence-electron chi connectivity index (χ1n) is 11.2. The maximum Gasteiger partial charge on any atom is 0.273 e. The van der Waals surface area contributed by atoms with Crippen LogP contribution in [-0.2, 0) is 24.2 Å². The number of aromatic nitrogens is 4. The summed E-state index contributed by atoms with van der Waals surface area (Å²) < 4.78 is 7.39. The molecular weight excluding hydrogens is 404 g/mol. The summed E-state index contributed by atoms with van der Waals surface area (Å²) in [5, 5.41) is 11.5. The highest BCUT2D eigenvalue weighted by Gasteiger charge is 2.24. The Morgan fingerprint density at radius 3 is 2.94 bits per heavy atom. The fourth-order valence-corrected chi connectivity index (χ4v) is 4.59. The lowest BCUT2D eigenvalue weighted by Crippen LogP contribution is -2.32. The van der Waals surface area contributed by atoms with Crippen LogP contribution < -0.4 is 5.32 Å². The van der Waals surface area contributed by atoms with Gasteiger partial charge in [0.2, 0.25) is 0 Å². The van der Waals surface area contributed by atoms with Gasteiger partial charge in [-0.1, -0.05) is 17.3 Å². The lowest BCUT2D eigenvalue weighted by atomic mass is 9.97. The molecule has 0 aliphatic carbocycles. The van der Waals surface area contributed by atoms with E-state index in [2.05, 4.69) is 55.8 Å². The van der Waals surface area contributed by atoms with Crippen LogP contribution >= 0.6 is 0 Å². The van der Waals surface area contributed by atoms with Crippen LogP contribution in [-0.4, -0.2) is 56.6 Å². The number of nitrogens with zero attached hydrogens (tertiary/aromatic N) is 5. The van der Waals surface area contributed by atoms with Gasteiger partial charge < -0.3 is 10.1 Å². The van der Waals surface area contributed by atoms with E-state index in [1.54, 1.807) is 4.68 Å². The summed E-state index contributed by atoms with van der Waals surface area (Å²) in [4.78, 5) is 19.2. The fourth-order valence-electron chi connectivity index (χ4n) is 4.59. The molecule has 2 aliphatic rings. The number of ether oxygens (including phenoxy) is 1. The minimum Gasteiger partial charge on any atom is -0.376 e. The Morgan fingerprint density at radius 1 is 1.25 bits per heavy atom. The Balaban J connectivity index is 1.32. The van der Waals surface area contributed by atoms with Gasteiger partial charge in [-0.15, -0.1) is 5.10 Å². The van der Waals surface area contributed by atoms with E-state index in [-0.39, 0.29) is 12.0 Å². The molecule has 32 heavy (non-hydrogen) atoms. The molecule has 1 atom stereocenters. The number of nitrogens with one attached hydrogen (secondary N) is 1. The standard InChI is InChI=1S/C24H28N6O2/c1-17-23(24(31)26-14-20-5-3-13-32-20)27-28-30(17)22-6-2-4-19-16-29(12-9-21(19)22)15-18-7-10-25-11-8-18/h2,4,6-8,10-11,20H,3,5,9,12-16H2,1H3,(H,26,31)/t20-/m1/s1. The summed E-state index contributed by atoms with van der Waals surface area (Å²) in [6, 6.07) is 10.4. The van der Waals surface area contributed by atoms with Gasteiger partial charge in [0.1, 0.15) is 0 Å². The van der Waals surface area contributed by atoms with Crippen LogP contribution in [0.5, 0.6) is 0 Å². The smallest absolute Gasteiger partial charge is 0.273 e. The first-order valence-corrected chi connectivity index (χ1v) is 11.2. The predicted molar refractivity (Wildman–Crippen MR) is 119 cm³/mol. The minimum absolute atomic E-state index is 0.102. The van der Waals surface area contributed by atoms with Crippen molar-refractivity contribution in [3.05, 3.63) is 70.8 Å². The number of rotatable bonds is 6. The third-order valence-corrected chi connectivity index (χ3v) is 6.33. The van der Waals surface area contributed by atoms with Crippen molar-refractivity contribution < 1.29 is 9.53 Å². The summed E-state index contributed by atoms with van der Waals surface area (Å²) in [6.45, 7) is 5.94. The molecule has 1 amide bonds. The zero-order chi connectivity index (χ0) is 21.9. The molecule has 1 N–H and O–H groups in total. The first kappa shape index (κ1) is 20.8. The molecule has 0 bridgehead atoms. The molecule has 166 valence electrons. The zero-order valence-electron chi connectivity index (χ0n) is 18.3.